The van der Waals surface area contributed by atoms with Crippen molar-refractivity contribution >= 4 is 34.4 Å². The van der Waals surface area contributed by atoms with Gasteiger partial charge < -0.3 is 11.1 Å². The zero-order valence-electron chi connectivity index (χ0n) is 11.2. The highest BCUT2D eigenvalue weighted by Crippen LogP contribution is 2.13. The van der Waals surface area contributed by atoms with Crippen LogP contribution in [0.3, 0.4) is 0 Å². The van der Waals surface area contributed by atoms with Gasteiger partial charge in [-0.2, -0.15) is 0 Å². The minimum Gasteiger partial charge on any atom is -0.368 e. The van der Waals surface area contributed by atoms with Crippen molar-refractivity contribution in [1.29, 1.82) is 0 Å². The maximum atomic E-state index is 11.7. The Balaban J connectivity index is 2.71. The molecular weight excluding hydrogens is 355 g/mol. The maximum Gasteiger partial charge on any atom is 0.240 e. The molecule has 0 saturated heterocycles. The van der Waals surface area contributed by atoms with Crippen molar-refractivity contribution in [2.45, 2.75) is 32.7 Å². The van der Waals surface area contributed by atoms with Gasteiger partial charge in [0.05, 0.1) is 0 Å². The highest BCUT2D eigenvalue weighted by atomic mass is 127. The summed E-state index contributed by atoms with van der Waals surface area (Å²) in [7, 11) is 0. The summed E-state index contributed by atoms with van der Waals surface area (Å²) >= 11 is 2.21. The molecule has 19 heavy (non-hydrogen) atoms. The third-order valence-corrected chi connectivity index (χ3v) is 3.71. The molecule has 1 aromatic rings. The van der Waals surface area contributed by atoms with Crippen molar-refractivity contribution in [3.8, 4) is 0 Å². The number of amides is 2. The Morgan fingerprint density at radius 1 is 1.32 bits per heavy atom. The van der Waals surface area contributed by atoms with Gasteiger partial charge in [0.1, 0.15) is 6.04 Å². The van der Waals surface area contributed by atoms with Crippen molar-refractivity contribution in [1.82, 2.24) is 5.32 Å². The number of hydrogen-bond acceptors (Lipinski definition) is 2. The minimum atomic E-state index is -0.651. The highest BCUT2D eigenvalue weighted by molar-refractivity contribution is 14.1. The Bertz CT molecular complexity index is 461. The van der Waals surface area contributed by atoms with Crippen molar-refractivity contribution in [2.75, 3.05) is 0 Å². The molecule has 1 atom stereocenters. The number of hydrogen-bond donors (Lipinski definition) is 2. The fraction of sp³-hybridized carbons (Fsp3) is 0.429. The molecule has 5 heteroatoms. The second kappa shape index (κ2) is 7.47. The van der Waals surface area contributed by atoms with Gasteiger partial charge in [0.15, 0.2) is 0 Å². The average Bonchev–Trinajstić information content (AvgIpc) is 2.29. The number of benzene rings is 1. The molecule has 0 aliphatic carbocycles. The maximum absolute atomic E-state index is 11.7. The lowest BCUT2D eigenvalue weighted by Gasteiger charge is -2.17. The first-order valence-corrected chi connectivity index (χ1v) is 7.30. The summed E-state index contributed by atoms with van der Waals surface area (Å²) in [6.45, 7) is 3.91. The standard InChI is InChI=1S/C14H19IN2O2/c1-9(2)7-13(18)17-12(14(16)19)8-10-5-3-4-6-11(10)15/h3-6,9,12H,7-8H2,1-2H3,(H2,16,19)(H,17,18)/t12-/m1/s1. The normalized spacial score (nSPS) is 12.2. The zero-order valence-corrected chi connectivity index (χ0v) is 13.3. The van der Waals surface area contributed by atoms with Gasteiger partial charge >= 0.3 is 0 Å². The highest BCUT2D eigenvalue weighted by Gasteiger charge is 2.19. The molecule has 0 unspecified atom stereocenters. The summed E-state index contributed by atoms with van der Waals surface area (Å²) in [4.78, 5) is 23.2. The number of carbonyl (C=O) groups is 2. The quantitative estimate of drug-likeness (QED) is 0.746. The number of nitrogens with two attached hydrogens (primary N) is 1. The zero-order chi connectivity index (χ0) is 14.4. The van der Waals surface area contributed by atoms with Gasteiger partial charge in [0.25, 0.3) is 0 Å². The predicted molar refractivity (Wildman–Crippen MR) is 83.4 cm³/mol. The van der Waals surface area contributed by atoms with E-state index < -0.39 is 11.9 Å². The van der Waals surface area contributed by atoms with E-state index in [0.29, 0.717) is 12.8 Å². The number of primary amides is 1. The molecule has 0 aromatic heterocycles. The fourth-order valence-corrected chi connectivity index (χ4v) is 2.34. The molecular formula is C14H19IN2O2. The van der Waals surface area contributed by atoms with Crippen LogP contribution in [0.4, 0.5) is 0 Å². The van der Waals surface area contributed by atoms with Crippen molar-refractivity contribution in [3.63, 3.8) is 0 Å². The van der Waals surface area contributed by atoms with Crippen LogP contribution in [0.5, 0.6) is 0 Å². The van der Waals surface area contributed by atoms with Crippen molar-refractivity contribution in [2.24, 2.45) is 11.7 Å². The van der Waals surface area contributed by atoms with Gasteiger partial charge in [0.2, 0.25) is 11.8 Å². The summed E-state index contributed by atoms with van der Waals surface area (Å²) in [6, 6.07) is 7.09. The molecule has 0 fully saturated rings. The molecule has 0 saturated carbocycles. The van der Waals surface area contributed by atoms with Gasteiger partial charge in [-0.05, 0) is 40.1 Å². The van der Waals surface area contributed by atoms with E-state index in [1.807, 2.05) is 38.1 Å². The van der Waals surface area contributed by atoms with Crippen LogP contribution in [-0.4, -0.2) is 17.9 Å². The monoisotopic (exact) mass is 374 g/mol. The smallest absolute Gasteiger partial charge is 0.240 e. The first-order chi connectivity index (χ1) is 8.90. The van der Waals surface area contributed by atoms with Crippen molar-refractivity contribution < 1.29 is 9.59 Å². The second-order valence-corrected chi connectivity index (χ2v) is 6.08. The third kappa shape index (κ3) is 5.59. The van der Waals surface area contributed by atoms with Crippen molar-refractivity contribution in [3.05, 3.63) is 33.4 Å². The number of rotatable bonds is 6. The molecule has 1 aromatic carbocycles. The molecule has 0 radical (unpaired) electrons. The Hall–Kier alpha value is -1.11. The summed E-state index contributed by atoms with van der Waals surface area (Å²) < 4.78 is 1.06. The van der Waals surface area contributed by atoms with Crippen LogP contribution in [0.25, 0.3) is 0 Å². The third-order valence-electron chi connectivity index (χ3n) is 2.65. The number of halogens is 1. The van der Waals surface area contributed by atoms with Crippen LogP contribution in [0.2, 0.25) is 0 Å². The molecule has 0 heterocycles. The topological polar surface area (TPSA) is 72.2 Å². The first kappa shape index (κ1) is 15.9. The predicted octanol–water partition coefficient (Wildman–Crippen LogP) is 1.85. The van der Waals surface area contributed by atoms with Crippen LogP contribution >= 0.6 is 22.6 Å². The van der Waals surface area contributed by atoms with Gasteiger partial charge in [-0.1, -0.05) is 32.0 Å². The molecule has 0 bridgehead atoms. The summed E-state index contributed by atoms with van der Waals surface area (Å²) in [5.41, 5.74) is 6.37. The van der Waals surface area contributed by atoms with Crippen LogP contribution < -0.4 is 11.1 Å². The van der Waals surface area contributed by atoms with Crippen LogP contribution in [-0.2, 0) is 16.0 Å². The SMILES string of the molecule is CC(C)CC(=O)N[C@H](Cc1ccccc1I)C(N)=O. The summed E-state index contributed by atoms with van der Waals surface area (Å²) in [6.07, 6.45) is 0.827. The largest absolute Gasteiger partial charge is 0.368 e. The molecule has 2 amide bonds. The summed E-state index contributed by atoms with van der Waals surface area (Å²) in [5, 5.41) is 2.71. The van der Waals surface area contributed by atoms with E-state index in [1.165, 1.54) is 0 Å². The Morgan fingerprint density at radius 2 is 1.95 bits per heavy atom. The Morgan fingerprint density at radius 3 is 2.47 bits per heavy atom. The van der Waals surface area contributed by atoms with Gasteiger partial charge in [-0.15, -0.1) is 0 Å². The lowest BCUT2D eigenvalue weighted by Crippen LogP contribution is -2.46. The molecule has 0 spiro atoms. The van der Waals surface area contributed by atoms with Crippen LogP contribution in [0.15, 0.2) is 24.3 Å². The lowest BCUT2D eigenvalue weighted by molar-refractivity contribution is -0.127. The van der Waals surface area contributed by atoms with E-state index >= 15 is 0 Å². The van der Waals surface area contributed by atoms with E-state index in [9.17, 15) is 9.59 Å². The second-order valence-electron chi connectivity index (χ2n) is 4.92. The molecule has 104 valence electrons. The number of nitrogens with one attached hydrogen (secondary N) is 1. The first-order valence-electron chi connectivity index (χ1n) is 6.22. The van der Waals surface area contributed by atoms with Gasteiger partial charge in [-0.3, -0.25) is 9.59 Å². The lowest BCUT2D eigenvalue weighted by atomic mass is 10.0. The average molecular weight is 374 g/mol. The molecule has 1 rings (SSSR count). The number of carbonyl (C=O) groups excluding carboxylic acids is 2. The van der Waals surface area contributed by atoms with E-state index in [4.69, 9.17) is 5.73 Å². The van der Waals surface area contributed by atoms with Crippen LogP contribution in [0, 0.1) is 9.49 Å². The molecule has 0 aliphatic heterocycles. The Kier molecular flexibility index (Phi) is 6.27. The molecule has 0 aliphatic rings. The van der Waals surface area contributed by atoms with E-state index in [2.05, 4.69) is 27.9 Å². The fourth-order valence-electron chi connectivity index (χ4n) is 1.73. The van der Waals surface area contributed by atoms with E-state index in [-0.39, 0.29) is 11.8 Å². The van der Waals surface area contributed by atoms with Crippen LogP contribution in [0.1, 0.15) is 25.8 Å². The Labute approximate surface area is 127 Å². The summed E-state index contributed by atoms with van der Waals surface area (Å²) in [5.74, 6) is -0.383. The van der Waals surface area contributed by atoms with E-state index in [0.717, 1.165) is 9.13 Å². The van der Waals surface area contributed by atoms with Gasteiger partial charge in [0, 0.05) is 16.4 Å². The molecule has 4 nitrogen and oxygen atoms in total. The van der Waals surface area contributed by atoms with E-state index in [1.54, 1.807) is 0 Å². The minimum absolute atomic E-state index is 0.135. The molecule has 3 N–H and O–H groups in total. The van der Waals surface area contributed by atoms with Gasteiger partial charge in [-0.25, -0.2) is 0 Å².